The molecular formula is C32H52O4. The predicted octanol–water partition coefficient (Wildman–Crippen LogP) is 6.54. The zero-order valence-electron chi connectivity index (χ0n) is 24.0. The van der Waals surface area contributed by atoms with Crippen molar-refractivity contribution in [3.8, 4) is 0 Å². The Balaban J connectivity index is 1.54. The summed E-state index contributed by atoms with van der Waals surface area (Å²) in [5.74, 6) is 1.91. The summed E-state index contributed by atoms with van der Waals surface area (Å²) in [6.45, 7) is 20.8. The number of rotatable bonds is 3. The first-order valence-corrected chi connectivity index (χ1v) is 14.8. The summed E-state index contributed by atoms with van der Waals surface area (Å²) in [4.78, 5) is 11.9. The second-order valence-corrected chi connectivity index (χ2v) is 15.4. The number of hydrogen-bond donors (Lipinski definition) is 2. The number of hydrogen-bond acceptors (Lipinski definition) is 4. The van der Waals surface area contributed by atoms with Gasteiger partial charge in [0.1, 0.15) is 0 Å². The Morgan fingerprint density at radius 3 is 2.22 bits per heavy atom. The van der Waals surface area contributed by atoms with Crippen LogP contribution in [0, 0.1) is 56.7 Å². The summed E-state index contributed by atoms with van der Waals surface area (Å²) in [5.41, 5.74) is 1.61. The molecule has 0 amide bonds. The first-order chi connectivity index (χ1) is 16.6. The van der Waals surface area contributed by atoms with Gasteiger partial charge in [-0.2, -0.15) is 0 Å². The first-order valence-electron chi connectivity index (χ1n) is 14.8. The average Bonchev–Trinajstić information content (AvgIpc) is 3.08. The van der Waals surface area contributed by atoms with Crippen molar-refractivity contribution in [2.24, 2.45) is 56.7 Å². The lowest BCUT2D eigenvalue weighted by atomic mass is 9.32. The van der Waals surface area contributed by atoms with E-state index >= 15 is 0 Å². The van der Waals surface area contributed by atoms with Gasteiger partial charge in [-0.05, 0) is 110 Å². The molecule has 11 atom stereocenters. The molecule has 2 N–H and O–H groups in total. The van der Waals surface area contributed by atoms with Crippen molar-refractivity contribution < 1.29 is 19.7 Å². The van der Waals surface area contributed by atoms with Gasteiger partial charge >= 0.3 is 5.97 Å². The summed E-state index contributed by atoms with van der Waals surface area (Å²) in [6.07, 6.45) is 9.19. The minimum atomic E-state index is -0.398. The molecule has 5 saturated carbocycles. The van der Waals surface area contributed by atoms with E-state index in [1.807, 2.05) is 0 Å². The SMILES string of the molecule is C=C(C)[C@@H]1C(O)C[C@]2(COC(C)=O)CC[C@]3(C)[C@H](CC[C@@H]4[C@@]5(C)CCC(O)C(C)(C)[C@@H]5CC[C@]43C)[C@@H]12. The van der Waals surface area contributed by atoms with Crippen LogP contribution >= 0.6 is 0 Å². The van der Waals surface area contributed by atoms with Crippen molar-refractivity contribution in [2.45, 2.75) is 118 Å². The fraction of sp³-hybridized carbons (Fsp3) is 0.906. The molecule has 5 aliphatic rings. The molecule has 0 radical (unpaired) electrons. The van der Waals surface area contributed by atoms with Crippen LogP contribution in [-0.4, -0.2) is 35.0 Å². The summed E-state index contributed by atoms with van der Waals surface area (Å²) in [5, 5.41) is 22.3. The first kappa shape index (κ1) is 26.7. The third kappa shape index (κ3) is 3.34. The van der Waals surface area contributed by atoms with Crippen LogP contribution in [0.3, 0.4) is 0 Å². The molecule has 0 bridgehead atoms. The van der Waals surface area contributed by atoms with Crippen molar-refractivity contribution in [2.75, 3.05) is 6.61 Å². The lowest BCUT2D eigenvalue weighted by Crippen LogP contribution is -2.66. The van der Waals surface area contributed by atoms with Crippen molar-refractivity contribution in [1.82, 2.24) is 0 Å². The molecule has 5 fully saturated rings. The average molecular weight is 501 g/mol. The Kier molecular flexibility index (Phi) is 6.17. The maximum atomic E-state index is 11.9. The largest absolute Gasteiger partial charge is 0.465 e. The molecule has 5 rings (SSSR count). The van der Waals surface area contributed by atoms with Crippen LogP contribution in [0.5, 0.6) is 0 Å². The van der Waals surface area contributed by atoms with E-state index in [2.05, 4.69) is 48.1 Å². The van der Waals surface area contributed by atoms with Gasteiger partial charge in [0.2, 0.25) is 0 Å². The van der Waals surface area contributed by atoms with Gasteiger partial charge in [0.15, 0.2) is 0 Å². The third-order valence-electron chi connectivity index (χ3n) is 13.7. The molecule has 204 valence electrons. The number of ether oxygens (including phenoxy) is 1. The highest BCUT2D eigenvalue weighted by Gasteiger charge is 2.71. The topological polar surface area (TPSA) is 66.8 Å². The minimum absolute atomic E-state index is 0.0293. The van der Waals surface area contributed by atoms with Crippen molar-refractivity contribution in [3.63, 3.8) is 0 Å². The van der Waals surface area contributed by atoms with Crippen LogP contribution in [0.2, 0.25) is 0 Å². The smallest absolute Gasteiger partial charge is 0.302 e. The van der Waals surface area contributed by atoms with Gasteiger partial charge in [0, 0.05) is 18.3 Å². The molecule has 0 aromatic heterocycles. The standard InChI is InChI=1S/C32H52O4/c1-19(2)26-22(34)17-32(18-36-20(3)33)16-15-30(7)21(27(26)32)9-10-24-29(6)13-12-25(35)28(4,5)23(29)11-14-31(24,30)8/h21-27,34-35H,1,9-18H2,2-8H3/t21-,22?,23+,24-,25?,26-,27+,29+,30-,31-,32+/m1/s1. The highest BCUT2D eigenvalue weighted by atomic mass is 16.5. The fourth-order valence-corrected chi connectivity index (χ4v) is 11.9. The van der Waals surface area contributed by atoms with Crippen molar-refractivity contribution in [3.05, 3.63) is 12.2 Å². The number of aliphatic hydroxyl groups excluding tert-OH is 2. The molecule has 0 aromatic rings. The zero-order valence-corrected chi connectivity index (χ0v) is 24.0. The van der Waals surface area contributed by atoms with Gasteiger partial charge in [-0.1, -0.05) is 46.8 Å². The monoisotopic (exact) mass is 500 g/mol. The maximum Gasteiger partial charge on any atom is 0.302 e. The van der Waals surface area contributed by atoms with E-state index in [9.17, 15) is 15.0 Å². The predicted molar refractivity (Wildman–Crippen MR) is 143 cm³/mol. The van der Waals surface area contributed by atoms with E-state index in [1.165, 1.54) is 32.6 Å². The highest BCUT2D eigenvalue weighted by molar-refractivity contribution is 5.66. The molecule has 0 saturated heterocycles. The molecule has 36 heavy (non-hydrogen) atoms. The Hall–Kier alpha value is -0.870. The summed E-state index contributed by atoms with van der Waals surface area (Å²) < 4.78 is 5.72. The minimum Gasteiger partial charge on any atom is -0.465 e. The zero-order chi connectivity index (χ0) is 26.5. The Bertz CT molecular complexity index is 925. The van der Waals surface area contributed by atoms with Crippen LogP contribution in [-0.2, 0) is 9.53 Å². The van der Waals surface area contributed by atoms with E-state index in [4.69, 9.17) is 4.74 Å². The normalized spacial score (nSPS) is 53.4. The van der Waals surface area contributed by atoms with Gasteiger partial charge in [-0.25, -0.2) is 0 Å². The number of aliphatic hydroxyl groups is 2. The van der Waals surface area contributed by atoms with E-state index in [0.717, 1.165) is 37.7 Å². The molecule has 4 nitrogen and oxygen atoms in total. The quantitative estimate of drug-likeness (QED) is 0.341. The van der Waals surface area contributed by atoms with Crippen LogP contribution in [0.4, 0.5) is 0 Å². The lowest BCUT2D eigenvalue weighted by Gasteiger charge is -2.73. The summed E-state index contributed by atoms with van der Waals surface area (Å²) in [6, 6.07) is 0. The van der Waals surface area contributed by atoms with Crippen LogP contribution in [0.25, 0.3) is 0 Å². The number of esters is 1. The highest BCUT2D eigenvalue weighted by Crippen LogP contribution is 2.77. The van der Waals surface area contributed by atoms with Gasteiger partial charge < -0.3 is 14.9 Å². The Morgan fingerprint density at radius 1 is 0.889 bits per heavy atom. The molecule has 5 aliphatic carbocycles. The molecule has 4 heteroatoms. The maximum absolute atomic E-state index is 11.9. The van der Waals surface area contributed by atoms with Gasteiger partial charge in [0.25, 0.3) is 0 Å². The molecule has 0 heterocycles. The molecule has 2 unspecified atom stereocenters. The molecule has 0 aromatic carbocycles. The van der Waals surface area contributed by atoms with Crippen LogP contribution < -0.4 is 0 Å². The van der Waals surface area contributed by atoms with Crippen LogP contribution in [0.15, 0.2) is 12.2 Å². The van der Waals surface area contributed by atoms with Gasteiger partial charge in [-0.3, -0.25) is 4.79 Å². The summed E-state index contributed by atoms with van der Waals surface area (Å²) in [7, 11) is 0. The number of carbonyl (C=O) groups excluding carboxylic acids is 1. The van der Waals surface area contributed by atoms with Gasteiger partial charge in [-0.15, -0.1) is 0 Å². The fourth-order valence-electron chi connectivity index (χ4n) is 11.9. The van der Waals surface area contributed by atoms with Crippen LogP contribution in [0.1, 0.15) is 106 Å². The van der Waals surface area contributed by atoms with E-state index in [-0.39, 0.29) is 45.1 Å². The van der Waals surface area contributed by atoms with Crippen molar-refractivity contribution >= 4 is 5.97 Å². The van der Waals surface area contributed by atoms with E-state index in [0.29, 0.717) is 30.3 Å². The number of carbonyl (C=O) groups is 1. The number of fused-ring (bicyclic) bond motifs is 7. The second-order valence-electron chi connectivity index (χ2n) is 15.4. The Labute approximate surface area is 219 Å². The van der Waals surface area contributed by atoms with Crippen molar-refractivity contribution in [1.29, 1.82) is 0 Å². The second kappa shape index (κ2) is 8.31. The Morgan fingerprint density at radius 2 is 1.58 bits per heavy atom. The summed E-state index contributed by atoms with van der Waals surface area (Å²) >= 11 is 0. The van der Waals surface area contributed by atoms with E-state index in [1.54, 1.807) is 0 Å². The lowest BCUT2D eigenvalue weighted by molar-refractivity contribution is -0.250. The molecular weight excluding hydrogens is 448 g/mol. The van der Waals surface area contributed by atoms with E-state index < -0.39 is 6.10 Å². The third-order valence-corrected chi connectivity index (χ3v) is 13.7. The van der Waals surface area contributed by atoms with Gasteiger partial charge in [0.05, 0.1) is 18.8 Å². The molecule has 0 spiro atoms. The molecule has 0 aliphatic heterocycles.